The van der Waals surface area contributed by atoms with Crippen molar-refractivity contribution in [3.05, 3.63) is 106 Å². The molecule has 0 saturated heterocycles. The van der Waals surface area contributed by atoms with Gasteiger partial charge in [-0.3, -0.25) is 30.6 Å². The number of nitrogens with one attached hydrogen (secondary N) is 3. The standard InChI is InChI=1S/C21H18N4O6S/c26-20(16-4-2-1-3-5-16)23-24-21(27)17-8-6-15(7-9-17)14-22-32(30,31)19-12-10-18(11-13-19)25(28)29/h1-13,22H,14H2,(H,23,26)(H,24,27). The first-order chi connectivity index (χ1) is 15.3. The minimum absolute atomic E-state index is 0.0496. The summed E-state index contributed by atoms with van der Waals surface area (Å²) >= 11 is 0. The Bertz CT molecular complexity index is 1230. The van der Waals surface area contributed by atoms with Crippen molar-refractivity contribution >= 4 is 27.5 Å². The van der Waals surface area contributed by atoms with Crippen LogP contribution in [0.4, 0.5) is 5.69 Å². The number of rotatable bonds is 7. The molecule has 3 aromatic carbocycles. The third-order valence-corrected chi connectivity index (χ3v) is 5.78. The highest BCUT2D eigenvalue weighted by Gasteiger charge is 2.16. The summed E-state index contributed by atoms with van der Waals surface area (Å²) in [5.41, 5.74) is 5.65. The third-order valence-electron chi connectivity index (χ3n) is 4.37. The van der Waals surface area contributed by atoms with Gasteiger partial charge in [0, 0.05) is 29.8 Å². The van der Waals surface area contributed by atoms with E-state index in [9.17, 15) is 28.1 Å². The van der Waals surface area contributed by atoms with Gasteiger partial charge in [-0.25, -0.2) is 13.1 Å². The maximum atomic E-state index is 12.3. The molecular weight excluding hydrogens is 436 g/mol. The number of hydrogen-bond donors (Lipinski definition) is 3. The molecule has 0 saturated carbocycles. The zero-order valence-corrected chi connectivity index (χ0v) is 17.3. The van der Waals surface area contributed by atoms with E-state index in [4.69, 9.17) is 0 Å². The SMILES string of the molecule is O=C(NNC(=O)c1ccc(CNS(=O)(=O)c2ccc([N+](=O)[O-])cc2)cc1)c1ccccc1. The molecule has 10 nitrogen and oxygen atoms in total. The van der Waals surface area contributed by atoms with Gasteiger partial charge in [0.2, 0.25) is 10.0 Å². The Morgan fingerprint density at radius 2 is 1.31 bits per heavy atom. The number of hydrogen-bond acceptors (Lipinski definition) is 6. The summed E-state index contributed by atoms with van der Waals surface area (Å²) in [5.74, 6) is -0.997. The molecule has 0 radical (unpaired) electrons. The van der Waals surface area contributed by atoms with Crippen LogP contribution in [-0.2, 0) is 16.6 Å². The number of carbonyl (C=O) groups is 2. The fraction of sp³-hybridized carbons (Fsp3) is 0.0476. The maximum absolute atomic E-state index is 12.3. The van der Waals surface area contributed by atoms with Gasteiger partial charge < -0.3 is 0 Å². The lowest BCUT2D eigenvalue weighted by molar-refractivity contribution is -0.384. The number of nitrogens with zero attached hydrogens (tertiary/aromatic N) is 1. The van der Waals surface area contributed by atoms with E-state index in [0.29, 0.717) is 11.1 Å². The van der Waals surface area contributed by atoms with Crippen molar-refractivity contribution in [2.24, 2.45) is 0 Å². The number of non-ortho nitro benzene ring substituents is 1. The highest BCUT2D eigenvalue weighted by Crippen LogP contribution is 2.16. The largest absolute Gasteiger partial charge is 0.269 e. The molecule has 32 heavy (non-hydrogen) atoms. The van der Waals surface area contributed by atoms with E-state index in [1.807, 2.05) is 0 Å². The fourth-order valence-corrected chi connectivity index (χ4v) is 3.65. The van der Waals surface area contributed by atoms with Gasteiger partial charge in [0.25, 0.3) is 17.5 Å². The predicted molar refractivity (Wildman–Crippen MR) is 115 cm³/mol. The Morgan fingerprint density at radius 1 is 0.781 bits per heavy atom. The summed E-state index contributed by atoms with van der Waals surface area (Å²) in [6.07, 6.45) is 0. The lowest BCUT2D eigenvalue weighted by atomic mass is 10.1. The molecule has 0 aromatic heterocycles. The second kappa shape index (κ2) is 9.81. The lowest BCUT2D eigenvalue weighted by Crippen LogP contribution is -2.41. The first kappa shape index (κ1) is 22.6. The fourth-order valence-electron chi connectivity index (χ4n) is 2.63. The van der Waals surface area contributed by atoms with Crippen molar-refractivity contribution in [1.82, 2.24) is 15.6 Å². The van der Waals surface area contributed by atoms with Gasteiger partial charge in [0.15, 0.2) is 0 Å². The van der Waals surface area contributed by atoms with E-state index < -0.39 is 26.8 Å². The average Bonchev–Trinajstić information content (AvgIpc) is 2.82. The molecule has 11 heteroatoms. The van der Waals surface area contributed by atoms with E-state index in [0.717, 1.165) is 24.3 Å². The van der Waals surface area contributed by atoms with Crippen LogP contribution in [0.3, 0.4) is 0 Å². The normalized spacial score (nSPS) is 10.9. The number of benzene rings is 3. The molecule has 3 aromatic rings. The van der Waals surface area contributed by atoms with Crippen LogP contribution in [0.25, 0.3) is 0 Å². The molecule has 0 spiro atoms. The Hall–Kier alpha value is -4.09. The van der Waals surface area contributed by atoms with E-state index in [1.54, 1.807) is 42.5 Å². The summed E-state index contributed by atoms with van der Waals surface area (Å²) in [4.78, 5) is 34.1. The van der Waals surface area contributed by atoms with Crippen LogP contribution >= 0.6 is 0 Å². The second-order valence-corrected chi connectivity index (χ2v) is 8.31. The Kier molecular flexibility index (Phi) is 6.93. The Labute approximate surface area is 183 Å². The van der Waals surface area contributed by atoms with Gasteiger partial charge >= 0.3 is 0 Å². The van der Waals surface area contributed by atoms with Crippen LogP contribution in [0, 0.1) is 10.1 Å². The molecule has 0 bridgehead atoms. The summed E-state index contributed by atoms with van der Waals surface area (Å²) in [6.45, 7) is -0.0496. The first-order valence-electron chi connectivity index (χ1n) is 9.25. The van der Waals surface area contributed by atoms with Gasteiger partial charge in [-0.15, -0.1) is 0 Å². The molecule has 0 heterocycles. The van der Waals surface area contributed by atoms with Crippen molar-refractivity contribution in [2.75, 3.05) is 0 Å². The van der Waals surface area contributed by atoms with Gasteiger partial charge in [0.1, 0.15) is 0 Å². The van der Waals surface area contributed by atoms with Crippen molar-refractivity contribution < 1.29 is 22.9 Å². The van der Waals surface area contributed by atoms with Gasteiger partial charge in [-0.2, -0.15) is 0 Å². The third kappa shape index (κ3) is 5.74. The van der Waals surface area contributed by atoms with Gasteiger partial charge in [-0.05, 0) is 42.0 Å². The molecular formula is C21H18N4O6S. The van der Waals surface area contributed by atoms with Crippen molar-refractivity contribution in [3.8, 4) is 0 Å². The van der Waals surface area contributed by atoms with Crippen LogP contribution in [0.5, 0.6) is 0 Å². The van der Waals surface area contributed by atoms with E-state index in [1.165, 1.54) is 12.1 Å². The molecule has 3 rings (SSSR count). The van der Waals surface area contributed by atoms with Gasteiger partial charge in [0.05, 0.1) is 9.82 Å². The summed E-state index contributed by atoms with van der Waals surface area (Å²) < 4.78 is 27.1. The molecule has 2 amide bonds. The highest BCUT2D eigenvalue weighted by atomic mass is 32.2. The summed E-state index contributed by atoms with van der Waals surface area (Å²) in [6, 6.07) is 19.0. The highest BCUT2D eigenvalue weighted by molar-refractivity contribution is 7.89. The van der Waals surface area contributed by atoms with Crippen molar-refractivity contribution in [1.29, 1.82) is 0 Å². The molecule has 0 fully saturated rings. The summed E-state index contributed by atoms with van der Waals surface area (Å²) in [5, 5.41) is 10.7. The molecule has 0 aliphatic heterocycles. The monoisotopic (exact) mass is 454 g/mol. The van der Waals surface area contributed by atoms with E-state index in [-0.39, 0.29) is 22.7 Å². The Morgan fingerprint density at radius 3 is 1.84 bits per heavy atom. The zero-order chi connectivity index (χ0) is 23.1. The van der Waals surface area contributed by atoms with Crippen LogP contribution in [0.2, 0.25) is 0 Å². The van der Waals surface area contributed by atoms with E-state index in [2.05, 4.69) is 15.6 Å². The predicted octanol–water partition coefficient (Wildman–Crippen LogP) is 2.15. The maximum Gasteiger partial charge on any atom is 0.269 e. The number of amides is 2. The first-order valence-corrected chi connectivity index (χ1v) is 10.7. The van der Waals surface area contributed by atoms with E-state index >= 15 is 0 Å². The zero-order valence-electron chi connectivity index (χ0n) is 16.5. The van der Waals surface area contributed by atoms with Gasteiger partial charge in [-0.1, -0.05) is 30.3 Å². The minimum atomic E-state index is -3.87. The molecule has 0 unspecified atom stereocenters. The quantitative estimate of drug-likeness (QED) is 0.368. The molecule has 0 aliphatic carbocycles. The number of carbonyl (C=O) groups excluding carboxylic acids is 2. The van der Waals surface area contributed by atoms with Crippen molar-refractivity contribution in [3.63, 3.8) is 0 Å². The lowest BCUT2D eigenvalue weighted by Gasteiger charge is -2.09. The Balaban J connectivity index is 1.55. The minimum Gasteiger partial charge on any atom is -0.267 e. The number of nitro groups is 1. The molecule has 3 N–H and O–H groups in total. The van der Waals surface area contributed by atoms with Crippen LogP contribution < -0.4 is 15.6 Å². The number of hydrazine groups is 1. The number of nitro benzene ring substituents is 1. The average molecular weight is 454 g/mol. The molecule has 0 aliphatic rings. The van der Waals surface area contributed by atoms with Crippen LogP contribution in [0.1, 0.15) is 26.3 Å². The van der Waals surface area contributed by atoms with Crippen LogP contribution in [-0.4, -0.2) is 25.2 Å². The van der Waals surface area contributed by atoms with Crippen LogP contribution in [0.15, 0.2) is 83.8 Å². The molecule has 164 valence electrons. The number of sulfonamides is 1. The smallest absolute Gasteiger partial charge is 0.267 e. The summed E-state index contributed by atoms with van der Waals surface area (Å²) in [7, 11) is -3.87. The van der Waals surface area contributed by atoms with Crippen molar-refractivity contribution in [2.45, 2.75) is 11.4 Å². The molecule has 0 atom stereocenters. The second-order valence-electron chi connectivity index (χ2n) is 6.55. The topological polar surface area (TPSA) is 148 Å².